The highest BCUT2D eigenvalue weighted by Gasteiger charge is 2.40. The maximum atomic E-state index is 12.9. The van der Waals surface area contributed by atoms with E-state index in [2.05, 4.69) is 5.32 Å². The standard InChI is InChI=1S/C16H17F3N2O3/c17-16(18,19)10-3-1-2-9(6-10)13-7-11(22)8-21(13)15(24)12-4-5-14(23)20-12/h1-3,6,11-13,22H,4-5,7-8H2,(H,20,23). The molecule has 3 atom stereocenters. The highest BCUT2D eigenvalue weighted by Crippen LogP contribution is 2.36. The quantitative estimate of drug-likeness (QED) is 0.858. The summed E-state index contributed by atoms with van der Waals surface area (Å²) >= 11 is 0. The van der Waals surface area contributed by atoms with Gasteiger partial charge in [-0.2, -0.15) is 13.2 Å². The van der Waals surface area contributed by atoms with Gasteiger partial charge in [-0.1, -0.05) is 12.1 Å². The maximum Gasteiger partial charge on any atom is 0.416 e. The molecule has 2 saturated heterocycles. The molecule has 0 radical (unpaired) electrons. The molecular weight excluding hydrogens is 325 g/mol. The van der Waals surface area contributed by atoms with Crippen molar-refractivity contribution in [2.24, 2.45) is 0 Å². The monoisotopic (exact) mass is 342 g/mol. The summed E-state index contributed by atoms with van der Waals surface area (Å²) in [7, 11) is 0. The van der Waals surface area contributed by atoms with E-state index in [0.29, 0.717) is 12.0 Å². The number of aliphatic hydroxyl groups excluding tert-OH is 1. The number of carbonyl (C=O) groups excluding carboxylic acids is 2. The molecule has 2 heterocycles. The highest BCUT2D eigenvalue weighted by atomic mass is 19.4. The van der Waals surface area contributed by atoms with Gasteiger partial charge in [0.25, 0.3) is 0 Å². The van der Waals surface area contributed by atoms with E-state index in [1.54, 1.807) is 0 Å². The van der Waals surface area contributed by atoms with Gasteiger partial charge in [-0.3, -0.25) is 9.59 Å². The Hall–Kier alpha value is -2.09. The smallest absolute Gasteiger partial charge is 0.391 e. The Morgan fingerprint density at radius 1 is 1.33 bits per heavy atom. The van der Waals surface area contributed by atoms with Gasteiger partial charge in [0.1, 0.15) is 6.04 Å². The van der Waals surface area contributed by atoms with Crippen molar-refractivity contribution < 1.29 is 27.9 Å². The molecule has 0 saturated carbocycles. The van der Waals surface area contributed by atoms with Crippen molar-refractivity contribution in [1.82, 2.24) is 10.2 Å². The number of carbonyl (C=O) groups is 2. The molecule has 130 valence electrons. The van der Waals surface area contributed by atoms with Gasteiger partial charge in [-0.25, -0.2) is 0 Å². The van der Waals surface area contributed by atoms with Crippen molar-refractivity contribution in [2.75, 3.05) is 6.54 Å². The summed E-state index contributed by atoms with van der Waals surface area (Å²) in [5.41, 5.74) is -0.456. The molecule has 2 fully saturated rings. The van der Waals surface area contributed by atoms with E-state index < -0.39 is 29.9 Å². The van der Waals surface area contributed by atoms with Gasteiger partial charge in [0, 0.05) is 13.0 Å². The van der Waals surface area contributed by atoms with Crippen molar-refractivity contribution in [1.29, 1.82) is 0 Å². The first-order valence-corrected chi connectivity index (χ1v) is 7.71. The molecule has 0 aliphatic carbocycles. The zero-order chi connectivity index (χ0) is 17.5. The van der Waals surface area contributed by atoms with Crippen LogP contribution in [0.2, 0.25) is 0 Å². The van der Waals surface area contributed by atoms with Gasteiger partial charge in [-0.05, 0) is 30.5 Å². The molecule has 5 nitrogen and oxygen atoms in total. The first-order chi connectivity index (χ1) is 11.3. The summed E-state index contributed by atoms with van der Waals surface area (Å²) in [4.78, 5) is 25.2. The normalized spacial score (nSPS) is 27.4. The van der Waals surface area contributed by atoms with E-state index in [1.807, 2.05) is 0 Å². The summed E-state index contributed by atoms with van der Waals surface area (Å²) in [6.07, 6.45) is -4.49. The van der Waals surface area contributed by atoms with Crippen molar-refractivity contribution in [2.45, 2.75) is 43.6 Å². The predicted molar refractivity (Wildman–Crippen MR) is 77.7 cm³/mol. The number of β-amino-alcohol motifs (C(OH)–C–C–N with tert-alkyl or cyclic N) is 1. The van der Waals surface area contributed by atoms with Crippen molar-refractivity contribution in [3.8, 4) is 0 Å². The minimum absolute atomic E-state index is 0.0477. The number of nitrogens with one attached hydrogen (secondary N) is 1. The van der Waals surface area contributed by atoms with E-state index in [0.717, 1.165) is 12.1 Å². The molecule has 0 aromatic heterocycles. The van der Waals surface area contributed by atoms with Gasteiger partial charge < -0.3 is 15.3 Å². The number of rotatable bonds is 2. The van der Waals surface area contributed by atoms with Crippen LogP contribution in [0.15, 0.2) is 24.3 Å². The molecule has 2 N–H and O–H groups in total. The molecule has 3 rings (SSSR count). The Kier molecular flexibility index (Phi) is 4.25. The topological polar surface area (TPSA) is 69.6 Å². The number of alkyl halides is 3. The van der Waals surface area contributed by atoms with Gasteiger partial charge in [0.2, 0.25) is 11.8 Å². The summed E-state index contributed by atoms with van der Waals surface area (Å²) in [6, 6.07) is 3.49. The van der Waals surface area contributed by atoms with Crippen LogP contribution in [-0.2, 0) is 15.8 Å². The second-order valence-electron chi connectivity index (χ2n) is 6.18. The Morgan fingerprint density at radius 3 is 2.71 bits per heavy atom. The van der Waals surface area contributed by atoms with Crippen molar-refractivity contribution in [3.05, 3.63) is 35.4 Å². The maximum absolute atomic E-state index is 12.9. The van der Waals surface area contributed by atoms with E-state index in [4.69, 9.17) is 0 Å². The molecule has 8 heteroatoms. The molecule has 24 heavy (non-hydrogen) atoms. The second-order valence-corrected chi connectivity index (χ2v) is 6.18. The first-order valence-electron chi connectivity index (χ1n) is 7.71. The molecule has 2 aliphatic rings. The number of benzene rings is 1. The van der Waals surface area contributed by atoms with Gasteiger partial charge in [0.15, 0.2) is 0 Å². The zero-order valence-corrected chi connectivity index (χ0v) is 12.7. The number of halogens is 3. The molecule has 1 aromatic carbocycles. The third kappa shape index (κ3) is 3.24. The van der Waals surface area contributed by atoms with E-state index in [9.17, 15) is 27.9 Å². The van der Waals surface area contributed by atoms with Crippen molar-refractivity contribution in [3.63, 3.8) is 0 Å². The third-order valence-electron chi connectivity index (χ3n) is 4.45. The number of aliphatic hydroxyl groups is 1. The van der Waals surface area contributed by atoms with E-state index in [-0.39, 0.29) is 31.2 Å². The number of likely N-dealkylation sites (tertiary alicyclic amines) is 1. The second kappa shape index (κ2) is 6.08. The van der Waals surface area contributed by atoms with Crippen LogP contribution < -0.4 is 5.32 Å². The third-order valence-corrected chi connectivity index (χ3v) is 4.45. The van der Waals surface area contributed by atoms with Crippen LogP contribution in [0.1, 0.15) is 36.4 Å². The van der Waals surface area contributed by atoms with Gasteiger partial charge in [0.05, 0.1) is 17.7 Å². The first kappa shape index (κ1) is 16.8. The lowest BCUT2D eigenvalue weighted by molar-refractivity contribution is -0.137. The van der Waals surface area contributed by atoms with E-state index >= 15 is 0 Å². The van der Waals surface area contributed by atoms with Crippen LogP contribution in [0, 0.1) is 0 Å². The van der Waals surface area contributed by atoms with Crippen LogP contribution in [0.25, 0.3) is 0 Å². The number of nitrogens with zero attached hydrogens (tertiary/aromatic N) is 1. The summed E-state index contributed by atoms with van der Waals surface area (Å²) < 4.78 is 38.7. The van der Waals surface area contributed by atoms with Crippen LogP contribution in [0.5, 0.6) is 0 Å². The largest absolute Gasteiger partial charge is 0.416 e. The number of hydrogen-bond donors (Lipinski definition) is 2. The molecule has 0 bridgehead atoms. The molecular formula is C16H17F3N2O3. The SMILES string of the molecule is O=C1CCC(C(=O)N2CC(O)CC2c2cccc(C(F)(F)F)c2)N1. The summed E-state index contributed by atoms with van der Waals surface area (Å²) in [6.45, 7) is 0.0477. The lowest BCUT2D eigenvalue weighted by Crippen LogP contribution is -2.44. The molecule has 0 spiro atoms. The van der Waals surface area contributed by atoms with Crippen molar-refractivity contribution >= 4 is 11.8 Å². The zero-order valence-electron chi connectivity index (χ0n) is 12.7. The van der Waals surface area contributed by atoms with Crippen LogP contribution in [0.4, 0.5) is 13.2 Å². The number of amides is 2. The fourth-order valence-electron chi connectivity index (χ4n) is 3.30. The Balaban J connectivity index is 1.85. The molecule has 3 unspecified atom stereocenters. The predicted octanol–water partition coefficient (Wildman–Crippen LogP) is 1.62. The van der Waals surface area contributed by atoms with Gasteiger partial charge in [-0.15, -0.1) is 0 Å². The van der Waals surface area contributed by atoms with Gasteiger partial charge >= 0.3 is 6.18 Å². The fourth-order valence-corrected chi connectivity index (χ4v) is 3.30. The van der Waals surface area contributed by atoms with Crippen LogP contribution in [-0.4, -0.2) is 40.5 Å². The molecule has 2 amide bonds. The molecule has 1 aromatic rings. The fraction of sp³-hybridized carbons (Fsp3) is 0.500. The summed E-state index contributed by atoms with van der Waals surface area (Å²) in [5, 5.41) is 12.5. The van der Waals surface area contributed by atoms with E-state index in [1.165, 1.54) is 17.0 Å². The average molecular weight is 342 g/mol. The van der Waals surface area contributed by atoms with Crippen LogP contribution in [0.3, 0.4) is 0 Å². The lowest BCUT2D eigenvalue weighted by Gasteiger charge is -2.27. The Bertz CT molecular complexity index is 662. The minimum Gasteiger partial charge on any atom is -0.391 e. The minimum atomic E-state index is -4.47. The average Bonchev–Trinajstić information content (AvgIpc) is 3.12. The number of hydrogen-bond acceptors (Lipinski definition) is 3. The lowest BCUT2D eigenvalue weighted by atomic mass is 10.0. The van der Waals surface area contributed by atoms with Crippen LogP contribution >= 0.6 is 0 Å². The Labute approximate surface area is 136 Å². The highest BCUT2D eigenvalue weighted by molar-refractivity contribution is 5.91. The Morgan fingerprint density at radius 2 is 2.08 bits per heavy atom. The summed E-state index contributed by atoms with van der Waals surface area (Å²) in [5.74, 6) is -0.580. The molecule has 2 aliphatic heterocycles.